The number of hydrogen-bond acceptors (Lipinski definition) is 2. The molecular formula is C12H14BrCl2F3N2. The lowest BCUT2D eigenvalue weighted by Crippen LogP contribution is -2.49. The summed E-state index contributed by atoms with van der Waals surface area (Å²) in [7, 11) is 0. The van der Waals surface area contributed by atoms with Crippen LogP contribution in [-0.4, -0.2) is 37.3 Å². The van der Waals surface area contributed by atoms with Crippen molar-refractivity contribution >= 4 is 39.9 Å². The van der Waals surface area contributed by atoms with Gasteiger partial charge >= 0.3 is 6.18 Å². The van der Waals surface area contributed by atoms with E-state index in [4.69, 9.17) is 11.6 Å². The van der Waals surface area contributed by atoms with Crippen molar-refractivity contribution in [1.29, 1.82) is 0 Å². The van der Waals surface area contributed by atoms with Gasteiger partial charge in [0.15, 0.2) is 0 Å². The van der Waals surface area contributed by atoms with Crippen molar-refractivity contribution in [3.8, 4) is 0 Å². The van der Waals surface area contributed by atoms with Crippen LogP contribution in [0, 0.1) is 0 Å². The maximum Gasteiger partial charge on any atom is 0.408 e. The monoisotopic (exact) mass is 392 g/mol. The second-order valence-corrected chi connectivity index (χ2v) is 5.69. The Balaban J connectivity index is 0.00000200. The van der Waals surface area contributed by atoms with Crippen molar-refractivity contribution in [1.82, 2.24) is 10.2 Å². The molecule has 0 saturated carbocycles. The number of nitrogens with zero attached hydrogens (tertiary/aromatic N) is 1. The Morgan fingerprint density at radius 3 is 2.35 bits per heavy atom. The minimum atomic E-state index is -4.31. The normalized spacial score (nSPS) is 18.4. The number of halogens is 6. The Hall–Kier alpha value is -0.0100. The molecule has 1 atom stereocenters. The minimum Gasteiger partial charge on any atom is -0.314 e. The first-order valence-electron chi connectivity index (χ1n) is 5.86. The third kappa shape index (κ3) is 4.24. The fraction of sp³-hybridized carbons (Fsp3) is 0.500. The van der Waals surface area contributed by atoms with Crippen molar-refractivity contribution in [2.24, 2.45) is 0 Å². The van der Waals surface area contributed by atoms with Gasteiger partial charge in [-0.15, -0.1) is 12.4 Å². The van der Waals surface area contributed by atoms with Gasteiger partial charge in [-0.1, -0.05) is 33.6 Å². The van der Waals surface area contributed by atoms with Crippen LogP contribution in [0.2, 0.25) is 5.02 Å². The van der Waals surface area contributed by atoms with E-state index < -0.39 is 12.2 Å². The smallest absolute Gasteiger partial charge is 0.314 e. The Labute approximate surface area is 135 Å². The van der Waals surface area contributed by atoms with E-state index in [1.807, 2.05) is 0 Å². The van der Waals surface area contributed by atoms with Crippen LogP contribution in [0.3, 0.4) is 0 Å². The number of nitrogens with one attached hydrogen (secondary N) is 1. The lowest BCUT2D eigenvalue weighted by atomic mass is 10.0. The highest BCUT2D eigenvalue weighted by Gasteiger charge is 2.45. The highest BCUT2D eigenvalue weighted by atomic mass is 79.9. The average molecular weight is 394 g/mol. The lowest BCUT2D eigenvalue weighted by molar-refractivity contribution is -0.188. The molecule has 0 unspecified atom stereocenters. The fourth-order valence-corrected chi connectivity index (χ4v) is 3.14. The first kappa shape index (κ1) is 18.0. The van der Waals surface area contributed by atoms with Gasteiger partial charge in [0.2, 0.25) is 0 Å². The molecule has 0 bridgehead atoms. The molecule has 0 amide bonds. The number of hydrogen-bond donors (Lipinski definition) is 1. The van der Waals surface area contributed by atoms with Gasteiger partial charge in [0.25, 0.3) is 0 Å². The summed E-state index contributed by atoms with van der Waals surface area (Å²) in [5, 5.41) is 3.47. The highest BCUT2D eigenvalue weighted by Crippen LogP contribution is 2.41. The maximum absolute atomic E-state index is 13.4. The van der Waals surface area contributed by atoms with E-state index in [0.717, 1.165) is 0 Å². The van der Waals surface area contributed by atoms with Crippen LogP contribution < -0.4 is 5.32 Å². The van der Waals surface area contributed by atoms with Crippen molar-refractivity contribution in [3.63, 3.8) is 0 Å². The SMILES string of the molecule is Cl.FC(F)(F)[C@@H](c1ccc(Cl)cc1Br)N1CCNCC1. The second kappa shape index (κ2) is 7.31. The third-order valence-electron chi connectivity index (χ3n) is 3.08. The first-order valence-corrected chi connectivity index (χ1v) is 7.03. The minimum absolute atomic E-state index is 0. The third-order valence-corrected chi connectivity index (χ3v) is 4.01. The van der Waals surface area contributed by atoms with Gasteiger partial charge in [0, 0.05) is 35.7 Å². The predicted octanol–water partition coefficient (Wildman–Crippen LogP) is 4.03. The van der Waals surface area contributed by atoms with E-state index in [1.165, 1.54) is 23.1 Å². The molecule has 1 aromatic carbocycles. The Morgan fingerprint density at radius 2 is 1.85 bits per heavy atom. The number of benzene rings is 1. The molecule has 8 heteroatoms. The van der Waals surface area contributed by atoms with Crippen LogP contribution in [0.5, 0.6) is 0 Å². The summed E-state index contributed by atoms with van der Waals surface area (Å²) in [6.45, 7) is 1.88. The summed E-state index contributed by atoms with van der Waals surface area (Å²) in [6, 6.07) is 2.83. The molecule has 1 aromatic rings. The molecule has 1 aliphatic rings. The van der Waals surface area contributed by atoms with E-state index in [9.17, 15) is 13.2 Å². The van der Waals surface area contributed by atoms with Crippen LogP contribution >= 0.6 is 39.9 Å². The Morgan fingerprint density at radius 1 is 1.25 bits per heavy atom. The zero-order valence-electron chi connectivity index (χ0n) is 10.4. The number of alkyl halides is 3. The molecule has 114 valence electrons. The van der Waals surface area contributed by atoms with E-state index in [2.05, 4.69) is 21.2 Å². The number of rotatable bonds is 2. The van der Waals surface area contributed by atoms with Gasteiger partial charge in [0.1, 0.15) is 6.04 Å². The molecule has 0 radical (unpaired) electrons. The summed E-state index contributed by atoms with van der Waals surface area (Å²) in [5.74, 6) is 0. The summed E-state index contributed by atoms with van der Waals surface area (Å²) in [4.78, 5) is 1.45. The fourth-order valence-electron chi connectivity index (χ4n) is 2.24. The first-order chi connectivity index (χ1) is 8.89. The van der Waals surface area contributed by atoms with Crippen LogP contribution in [0.25, 0.3) is 0 Å². The second-order valence-electron chi connectivity index (χ2n) is 4.40. The maximum atomic E-state index is 13.4. The van der Waals surface area contributed by atoms with Gasteiger partial charge in [-0.3, -0.25) is 4.90 Å². The molecule has 1 saturated heterocycles. The average Bonchev–Trinajstić information content (AvgIpc) is 2.32. The molecule has 0 aromatic heterocycles. The predicted molar refractivity (Wildman–Crippen MR) is 79.6 cm³/mol. The summed E-state index contributed by atoms with van der Waals surface area (Å²) >= 11 is 8.97. The van der Waals surface area contributed by atoms with E-state index in [1.54, 1.807) is 0 Å². The molecule has 2 rings (SSSR count). The molecule has 0 aliphatic carbocycles. The quantitative estimate of drug-likeness (QED) is 0.815. The largest absolute Gasteiger partial charge is 0.408 e. The van der Waals surface area contributed by atoms with Gasteiger partial charge in [-0.05, 0) is 17.7 Å². The molecule has 20 heavy (non-hydrogen) atoms. The molecule has 1 heterocycles. The standard InChI is InChI=1S/C12H13BrClF3N2.ClH/c13-10-7-8(14)1-2-9(10)11(12(15,16)17)19-5-3-18-4-6-19;/h1-2,7,11,18H,3-6H2;1H/t11-;/m1./s1. The zero-order valence-corrected chi connectivity index (χ0v) is 13.5. The molecule has 2 nitrogen and oxygen atoms in total. The van der Waals surface area contributed by atoms with Gasteiger partial charge in [-0.25, -0.2) is 0 Å². The Bertz CT molecular complexity index is 451. The summed E-state index contributed by atoms with van der Waals surface area (Å²) in [5.41, 5.74) is 0.207. The summed E-state index contributed by atoms with van der Waals surface area (Å²) < 4.78 is 40.5. The summed E-state index contributed by atoms with van der Waals surface area (Å²) in [6.07, 6.45) is -4.31. The van der Waals surface area contributed by atoms with Crippen molar-refractivity contribution in [3.05, 3.63) is 33.3 Å². The molecular weight excluding hydrogens is 380 g/mol. The van der Waals surface area contributed by atoms with Crippen molar-refractivity contribution < 1.29 is 13.2 Å². The zero-order chi connectivity index (χ0) is 14.0. The van der Waals surface area contributed by atoms with Crippen LogP contribution in [0.1, 0.15) is 11.6 Å². The Kier molecular flexibility index (Phi) is 6.60. The number of piperazine rings is 1. The molecule has 1 N–H and O–H groups in total. The van der Waals surface area contributed by atoms with Crippen molar-refractivity contribution in [2.75, 3.05) is 26.2 Å². The highest BCUT2D eigenvalue weighted by molar-refractivity contribution is 9.10. The van der Waals surface area contributed by atoms with Crippen molar-refractivity contribution in [2.45, 2.75) is 12.2 Å². The molecule has 0 spiro atoms. The van der Waals surface area contributed by atoms with E-state index >= 15 is 0 Å². The topological polar surface area (TPSA) is 15.3 Å². The molecule has 1 fully saturated rings. The molecule has 1 aliphatic heterocycles. The van der Waals surface area contributed by atoms with Gasteiger partial charge < -0.3 is 5.32 Å². The lowest BCUT2D eigenvalue weighted by Gasteiger charge is -2.36. The van der Waals surface area contributed by atoms with Gasteiger partial charge in [0.05, 0.1) is 0 Å². The van der Waals surface area contributed by atoms with E-state index in [-0.39, 0.29) is 18.0 Å². The van der Waals surface area contributed by atoms with E-state index in [0.29, 0.717) is 35.7 Å². The van der Waals surface area contributed by atoms with Crippen LogP contribution in [0.15, 0.2) is 22.7 Å². The van der Waals surface area contributed by atoms with Crippen LogP contribution in [0.4, 0.5) is 13.2 Å². The van der Waals surface area contributed by atoms with Crippen LogP contribution in [-0.2, 0) is 0 Å². The van der Waals surface area contributed by atoms with Gasteiger partial charge in [-0.2, -0.15) is 13.2 Å².